The van der Waals surface area contributed by atoms with Gasteiger partial charge in [-0.3, -0.25) is 0 Å². The Kier molecular flexibility index (Phi) is 8.39. The quantitative estimate of drug-likeness (QED) is 0.352. The minimum absolute atomic E-state index is 0.0188. The van der Waals surface area contributed by atoms with Crippen molar-refractivity contribution in [1.29, 1.82) is 0 Å². The molecule has 0 aromatic rings. The van der Waals surface area contributed by atoms with Crippen molar-refractivity contribution < 1.29 is 14.0 Å². The zero-order valence-electron chi connectivity index (χ0n) is 15.7. The third kappa shape index (κ3) is 8.15. The van der Waals surface area contributed by atoms with Gasteiger partial charge in [0.15, 0.2) is 8.32 Å². The standard InChI is InChI=1S/C16H34INO3Si/c1-12(18-14(19)20-15(2,3)4)13(10-11-17)21-22(8,9)16(5,6)7/h12-13H,10-11H2,1-9H3,(H,18,19)/t12-,13?/m1/s1. The number of alkyl carbamates (subject to hydrolysis) is 1. The van der Waals surface area contributed by atoms with Crippen molar-refractivity contribution in [2.45, 2.75) is 90.8 Å². The maximum absolute atomic E-state index is 12.0. The molecular formula is C16H34INO3Si. The molecule has 0 aliphatic heterocycles. The van der Waals surface area contributed by atoms with Crippen LogP contribution in [0.1, 0.15) is 54.9 Å². The summed E-state index contributed by atoms with van der Waals surface area (Å²) in [5.41, 5.74) is -0.483. The van der Waals surface area contributed by atoms with Crippen molar-refractivity contribution in [2.24, 2.45) is 0 Å². The number of carbonyl (C=O) groups excluding carboxylic acids is 1. The summed E-state index contributed by atoms with van der Waals surface area (Å²) < 4.78 is 12.8. The molecule has 0 bridgehead atoms. The molecule has 6 heteroatoms. The second kappa shape index (κ2) is 8.33. The zero-order valence-corrected chi connectivity index (χ0v) is 18.8. The van der Waals surface area contributed by atoms with Crippen LogP contribution in [0.2, 0.25) is 18.1 Å². The van der Waals surface area contributed by atoms with Crippen LogP contribution in [0.15, 0.2) is 0 Å². The van der Waals surface area contributed by atoms with E-state index in [-0.39, 0.29) is 23.3 Å². The van der Waals surface area contributed by atoms with E-state index in [0.29, 0.717) is 0 Å². The molecular weight excluding hydrogens is 409 g/mol. The molecule has 1 amide bonds. The maximum atomic E-state index is 12.0. The maximum Gasteiger partial charge on any atom is 0.407 e. The van der Waals surface area contributed by atoms with Crippen LogP contribution in [0.4, 0.5) is 4.79 Å². The number of hydrogen-bond acceptors (Lipinski definition) is 3. The van der Waals surface area contributed by atoms with Gasteiger partial charge in [-0.15, -0.1) is 0 Å². The summed E-state index contributed by atoms with van der Waals surface area (Å²) in [5.74, 6) is 0. The molecule has 0 aliphatic carbocycles. The van der Waals surface area contributed by atoms with Gasteiger partial charge in [0.25, 0.3) is 0 Å². The number of alkyl halides is 1. The van der Waals surface area contributed by atoms with Crippen molar-refractivity contribution in [1.82, 2.24) is 5.32 Å². The van der Waals surface area contributed by atoms with Crippen LogP contribution in [0.3, 0.4) is 0 Å². The van der Waals surface area contributed by atoms with Crippen LogP contribution in [0.25, 0.3) is 0 Å². The highest BCUT2D eigenvalue weighted by Crippen LogP contribution is 2.38. The van der Waals surface area contributed by atoms with Crippen LogP contribution in [-0.2, 0) is 9.16 Å². The fourth-order valence-corrected chi connectivity index (χ4v) is 3.71. The van der Waals surface area contributed by atoms with Gasteiger partial charge in [-0.05, 0) is 52.2 Å². The minimum atomic E-state index is -1.86. The number of ether oxygens (including phenoxy) is 1. The molecule has 0 fully saturated rings. The monoisotopic (exact) mass is 443 g/mol. The predicted molar refractivity (Wildman–Crippen MR) is 104 cm³/mol. The molecule has 0 saturated carbocycles. The lowest BCUT2D eigenvalue weighted by molar-refractivity contribution is 0.0444. The van der Waals surface area contributed by atoms with Crippen LogP contribution in [0.5, 0.6) is 0 Å². The van der Waals surface area contributed by atoms with Gasteiger partial charge in [0.1, 0.15) is 5.60 Å². The molecule has 2 atom stereocenters. The second-order valence-corrected chi connectivity index (χ2v) is 14.2. The number of nitrogens with one attached hydrogen (secondary N) is 1. The number of carbonyl (C=O) groups is 1. The van der Waals surface area contributed by atoms with Crippen LogP contribution in [0, 0.1) is 0 Å². The lowest BCUT2D eigenvalue weighted by Gasteiger charge is -2.41. The predicted octanol–water partition coefficient (Wildman–Crippen LogP) is 5.12. The summed E-state index contributed by atoms with van der Waals surface area (Å²) in [7, 11) is -1.86. The van der Waals surface area contributed by atoms with Crippen LogP contribution >= 0.6 is 22.6 Å². The van der Waals surface area contributed by atoms with Gasteiger partial charge in [0.2, 0.25) is 0 Å². The van der Waals surface area contributed by atoms with Gasteiger partial charge in [-0.2, -0.15) is 0 Å². The molecule has 0 aromatic carbocycles. The molecule has 0 radical (unpaired) electrons. The minimum Gasteiger partial charge on any atom is -0.444 e. The van der Waals surface area contributed by atoms with E-state index in [9.17, 15) is 4.79 Å². The molecule has 0 spiro atoms. The lowest BCUT2D eigenvalue weighted by atomic mass is 10.1. The molecule has 0 rings (SSSR count). The van der Waals surface area contributed by atoms with Crippen molar-refractivity contribution in [3.8, 4) is 0 Å². The van der Waals surface area contributed by atoms with E-state index in [0.717, 1.165) is 10.8 Å². The summed E-state index contributed by atoms with van der Waals surface area (Å²) in [6.45, 7) is 18.8. The largest absolute Gasteiger partial charge is 0.444 e. The fourth-order valence-electron chi connectivity index (χ4n) is 1.66. The highest BCUT2D eigenvalue weighted by Gasteiger charge is 2.40. The Bertz CT molecular complexity index is 361. The molecule has 4 nitrogen and oxygen atoms in total. The molecule has 1 N–H and O–H groups in total. The zero-order chi connectivity index (χ0) is 17.8. The Morgan fingerprint density at radius 3 is 2.05 bits per heavy atom. The average molecular weight is 443 g/mol. The summed E-state index contributed by atoms with van der Waals surface area (Å²) in [4.78, 5) is 12.0. The first-order valence-corrected chi connectivity index (χ1v) is 12.4. The Morgan fingerprint density at radius 2 is 1.68 bits per heavy atom. The van der Waals surface area contributed by atoms with Gasteiger partial charge in [0.05, 0.1) is 12.1 Å². The molecule has 0 aliphatic rings. The first-order valence-electron chi connectivity index (χ1n) is 7.93. The molecule has 132 valence electrons. The Morgan fingerprint density at radius 1 is 1.18 bits per heavy atom. The van der Waals surface area contributed by atoms with Crippen LogP contribution in [-0.4, -0.2) is 36.6 Å². The Balaban J connectivity index is 4.84. The van der Waals surface area contributed by atoms with Gasteiger partial charge in [-0.1, -0.05) is 43.4 Å². The van der Waals surface area contributed by atoms with E-state index < -0.39 is 13.9 Å². The third-order valence-corrected chi connectivity index (χ3v) is 9.08. The highest BCUT2D eigenvalue weighted by molar-refractivity contribution is 14.1. The SMILES string of the molecule is C[C@@H](NC(=O)OC(C)(C)C)C(CCI)O[Si](C)(C)C(C)(C)C. The topological polar surface area (TPSA) is 47.6 Å². The molecule has 0 aromatic heterocycles. The third-order valence-electron chi connectivity index (χ3n) is 3.95. The average Bonchev–Trinajstić information content (AvgIpc) is 2.23. The number of rotatable bonds is 6. The normalized spacial score (nSPS) is 16.1. The van der Waals surface area contributed by atoms with Gasteiger partial charge < -0.3 is 14.5 Å². The van der Waals surface area contributed by atoms with Crippen molar-refractivity contribution in [3.05, 3.63) is 0 Å². The van der Waals surface area contributed by atoms with Crippen LogP contribution < -0.4 is 5.32 Å². The Hall–Kier alpha value is 0.177. The van der Waals surface area contributed by atoms with E-state index >= 15 is 0 Å². The number of halogens is 1. The Labute approximate surface area is 151 Å². The van der Waals surface area contributed by atoms with Gasteiger partial charge in [0, 0.05) is 4.43 Å². The highest BCUT2D eigenvalue weighted by atomic mass is 127. The van der Waals surface area contributed by atoms with E-state index in [1.165, 1.54) is 0 Å². The van der Waals surface area contributed by atoms with E-state index in [1.807, 2.05) is 27.7 Å². The van der Waals surface area contributed by atoms with E-state index in [2.05, 4.69) is 61.8 Å². The van der Waals surface area contributed by atoms with Crippen molar-refractivity contribution in [2.75, 3.05) is 4.43 Å². The molecule has 22 heavy (non-hydrogen) atoms. The smallest absolute Gasteiger partial charge is 0.407 e. The first kappa shape index (κ1) is 22.2. The second-order valence-electron chi connectivity index (χ2n) is 8.33. The summed E-state index contributed by atoms with van der Waals surface area (Å²) in [6, 6.07) is -0.0706. The molecule has 0 saturated heterocycles. The first-order chi connectivity index (χ1) is 9.69. The summed E-state index contributed by atoms with van der Waals surface area (Å²) in [5, 5.41) is 3.08. The van der Waals surface area contributed by atoms with E-state index in [4.69, 9.17) is 9.16 Å². The molecule has 1 unspecified atom stereocenters. The van der Waals surface area contributed by atoms with Crippen molar-refractivity contribution in [3.63, 3.8) is 0 Å². The summed E-state index contributed by atoms with van der Waals surface area (Å²) >= 11 is 2.36. The summed E-state index contributed by atoms with van der Waals surface area (Å²) in [6.07, 6.45) is 0.562. The van der Waals surface area contributed by atoms with Gasteiger partial charge in [-0.25, -0.2) is 4.79 Å². The number of amides is 1. The lowest BCUT2D eigenvalue weighted by Crippen LogP contribution is -2.51. The molecule has 0 heterocycles. The fraction of sp³-hybridized carbons (Fsp3) is 0.938. The van der Waals surface area contributed by atoms with E-state index in [1.54, 1.807) is 0 Å². The van der Waals surface area contributed by atoms with Crippen molar-refractivity contribution >= 4 is 37.0 Å². The van der Waals surface area contributed by atoms with Gasteiger partial charge >= 0.3 is 6.09 Å². The number of hydrogen-bond donors (Lipinski definition) is 1.